The summed E-state index contributed by atoms with van der Waals surface area (Å²) in [5.74, 6) is -0.354. The molecule has 4 nitrogen and oxygen atoms in total. The molecule has 0 spiro atoms. The minimum Gasteiger partial charge on any atom is -0.465 e. The third-order valence-corrected chi connectivity index (χ3v) is 2.40. The van der Waals surface area contributed by atoms with E-state index in [2.05, 4.69) is 6.92 Å². The molecule has 1 unspecified atom stereocenters. The van der Waals surface area contributed by atoms with E-state index in [4.69, 9.17) is 15.2 Å². The highest BCUT2D eigenvalue weighted by Crippen LogP contribution is 2.08. The molecule has 0 aromatic heterocycles. The number of unbranched alkanes of at least 4 members (excludes halogenated alkanes) is 2. The Labute approximate surface area is 98.5 Å². The van der Waals surface area contributed by atoms with Gasteiger partial charge in [0.2, 0.25) is 0 Å². The van der Waals surface area contributed by atoms with Gasteiger partial charge in [0.05, 0.1) is 6.61 Å². The fourth-order valence-corrected chi connectivity index (χ4v) is 1.24. The number of esters is 1. The molecule has 0 heterocycles. The van der Waals surface area contributed by atoms with E-state index in [0.717, 1.165) is 13.0 Å². The summed E-state index contributed by atoms with van der Waals surface area (Å²) in [6, 6.07) is 0. The molecule has 0 radical (unpaired) electrons. The minimum absolute atomic E-state index is 0.354. The molecule has 0 saturated heterocycles. The average Bonchev–Trinajstić information content (AvgIpc) is 2.23. The lowest BCUT2D eigenvalue weighted by molar-refractivity contribution is -0.149. The summed E-state index contributed by atoms with van der Waals surface area (Å²) in [5.41, 5.74) is 4.90. The smallest absolute Gasteiger partial charge is 0.325 e. The molecular formula is C12H25NO3. The first-order valence-electron chi connectivity index (χ1n) is 6.08. The minimum atomic E-state index is -0.930. The number of carbonyl (C=O) groups is 1. The van der Waals surface area contributed by atoms with E-state index >= 15 is 0 Å². The summed E-state index contributed by atoms with van der Waals surface area (Å²) in [6.45, 7) is 7.22. The molecule has 0 fully saturated rings. The van der Waals surface area contributed by atoms with Crippen molar-refractivity contribution in [1.29, 1.82) is 0 Å². The zero-order valence-electron chi connectivity index (χ0n) is 10.8. The van der Waals surface area contributed by atoms with Crippen molar-refractivity contribution in [2.24, 2.45) is 5.73 Å². The number of nitrogens with two attached hydrogens (primary N) is 1. The first-order valence-corrected chi connectivity index (χ1v) is 6.08. The van der Waals surface area contributed by atoms with Crippen LogP contribution in [0.3, 0.4) is 0 Å². The highest BCUT2D eigenvalue weighted by Gasteiger charge is 2.29. The maximum atomic E-state index is 11.4. The summed E-state index contributed by atoms with van der Waals surface area (Å²) >= 11 is 0. The molecule has 0 bridgehead atoms. The van der Waals surface area contributed by atoms with Crippen LogP contribution in [0.4, 0.5) is 0 Å². The molecule has 16 heavy (non-hydrogen) atoms. The topological polar surface area (TPSA) is 61.5 Å². The van der Waals surface area contributed by atoms with Gasteiger partial charge in [-0.2, -0.15) is 0 Å². The van der Waals surface area contributed by atoms with Crippen molar-refractivity contribution >= 4 is 5.97 Å². The number of ether oxygens (including phenoxy) is 2. The van der Waals surface area contributed by atoms with Gasteiger partial charge in [-0.05, 0) is 26.7 Å². The molecule has 0 saturated carbocycles. The van der Waals surface area contributed by atoms with E-state index in [1.54, 1.807) is 13.8 Å². The Bertz CT molecular complexity index is 193. The molecule has 0 aliphatic rings. The second-order valence-corrected chi connectivity index (χ2v) is 4.21. The molecule has 0 aromatic carbocycles. The summed E-state index contributed by atoms with van der Waals surface area (Å²) in [6.07, 6.45) is 3.92. The molecule has 4 heteroatoms. The third kappa shape index (κ3) is 6.80. The van der Waals surface area contributed by atoms with Crippen molar-refractivity contribution < 1.29 is 14.3 Å². The van der Waals surface area contributed by atoms with E-state index < -0.39 is 5.54 Å². The van der Waals surface area contributed by atoms with Gasteiger partial charge in [-0.25, -0.2) is 0 Å². The van der Waals surface area contributed by atoms with Crippen molar-refractivity contribution in [2.45, 2.75) is 52.0 Å². The summed E-state index contributed by atoms with van der Waals surface area (Å²) in [4.78, 5) is 11.4. The van der Waals surface area contributed by atoms with Gasteiger partial charge < -0.3 is 15.2 Å². The maximum absolute atomic E-state index is 11.4. The van der Waals surface area contributed by atoms with Gasteiger partial charge in [-0.1, -0.05) is 19.8 Å². The lowest BCUT2D eigenvalue weighted by Crippen LogP contribution is -2.47. The van der Waals surface area contributed by atoms with Crippen molar-refractivity contribution in [1.82, 2.24) is 0 Å². The molecule has 0 rings (SSSR count). The molecule has 96 valence electrons. The van der Waals surface area contributed by atoms with Crippen molar-refractivity contribution in [3.05, 3.63) is 0 Å². The van der Waals surface area contributed by atoms with Crippen LogP contribution in [0.15, 0.2) is 0 Å². The van der Waals surface area contributed by atoms with Crippen molar-refractivity contribution in [3.63, 3.8) is 0 Å². The Kier molecular flexibility index (Phi) is 8.21. The van der Waals surface area contributed by atoms with Crippen molar-refractivity contribution in [3.8, 4) is 0 Å². The zero-order chi connectivity index (χ0) is 12.4. The van der Waals surface area contributed by atoms with E-state index in [1.807, 2.05) is 0 Å². The Hall–Kier alpha value is -0.610. The van der Waals surface area contributed by atoms with E-state index in [0.29, 0.717) is 19.6 Å². The summed E-state index contributed by atoms with van der Waals surface area (Å²) in [5, 5.41) is 0. The fourth-order valence-electron chi connectivity index (χ4n) is 1.24. The highest BCUT2D eigenvalue weighted by atomic mass is 16.5. The van der Waals surface area contributed by atoms with Crippen LogP contribution in [-0.4, -0.2) is 31.3 Å². The SMILES string of the molecule is CCCCCOCCC(C)(N)C(=O)OCC. The van der Waals surface area contributed by atoms with Gasteiger partial charge >= 0.3 is 5.97 Å². The molecular weight excluding hydrogens is 206 g/mol. The Morgan fingerprint density at radius 2 is 1.94 bits per heavy atom. The lowest BCUT2D eigenvalue weighted by atomic mass is 10.0. The third-order valence-electron chi connectivity index (χ3n) is 2.40. The number of hydrogen-bond acceptors (Lipinski definition) is 4. The highest BCUT2D eigenvalue weighted by molar-refractivity contribution is 5.79. The maximum Gasteiger partial charge on any atom is 0.325 e. The van der Waals surface area contributed by atoms with Crippen LogP contribution in [0.1, 0.15) is 46.5 Å². The van der Waals surface area contributed by atoms with Crippen molar-refractivity contribution in [2.75, 3.05) is 19.8 Å². The Balaban J connectivity index is 3.61. The van der Waals surface area contributed by atoms with Gasteiger partial charge in [0.25, 0.3) is 0 Å². The standard InChI is InChI=1S/C12H25NO3/c1-4-6-7-9-15-10-8-12(3,13)11(14)16-5-2/h4-10,13H2,1-3H3. The van der Waals surface area contributed by atoms with Crippen LogP contribution in [0.2, 0.25) is 0 Å². The summed E-state index contributed by atoms with van der Waals surface area (Å²) < 4.78 is 10.3. The Morgan fingerprint density at radius 3 is 2.50 bits per heavy atom. The van der Waals surface area contributed by atoms with Gasteiger partial charge in [-0.15, -0.1) is 0 Å². The monoisotopic (exact) mass is 231 g/mol. The van der Waals surface area contributed by atoms with E-state index in [9.17, 15) is 4.79 Å². The van der Waals surface area contributed by atoms with Crippen LogP contribution in [0.5, 0.6) is 0 Å². The van der Waals surface area contributed by atoms with Gasteiger partial charge in [0.15, 0.2) is 0 Å². The first kappa shape index (κ1) is 15.4. The van der Waals surface area contributed by atoms with Gasteiger partial charge in [0, 0.05) is 13.2 Å². The van der Waals surface area contributed by atoms with Crippen LogP contribution >= 0.6 is 0 Å². The van der Waals surface area contributed by atoms with E-state index in [-0.39, 0.29) is 5.97 Å². The van der Waals surface area contributed by atoms with Gasteiger partial charge in [-0.3, -0.25) is 4.79 Å². The average molecular weight is 231 g/mol. The molecule has 2 N–H and O–H groups in total. The Morgan fingerprint density at radius 1 is 1.25 bits per heavy atom. The molecule has 0 aliphatic heterocycles. The predicted molar refractivity (Wildman–Crippen MR) is 64.2 cm³/mol. The zero-order valence-corrected chi connectivity index (χ0v) is 10.8. The van der Waals surface area contributed by atoms with Crippen LogP contribution in [0, 0.1) is 0 Å². The largest absolute Gasteiger partial charge is 0.465 e. The normalized spacial score (nSPS) is 14.5. The van der Waals surface area contributed by atoms with Crippen LogP contribution < -0.4 is 5.73 Å². The molecule has 0 aliphatic carbocycles. The fraction of sp³-hybridized carbons (Fsp3) is 0.917. The van der Waals surface area contributed by atoms with Gasteiger partial charge in [0.1, 0.15) is 5.54 Å². The molecule has 1 atom stereocenters. The number of rotatable bonds is 9. The second-order valence-electron chi connectivity index (χ2n) is 4.21. The van der Waals surface area contributed by atoms with E-state index in [1.165, 1.54) is 12.8 Å². The summed E-state index contributed by atoms with van der Waals surface area (Å²) in [7, 11) is 0. The van der Waals surface area contributed by atoms with Crippen LogP contribution in [0.25, 0.3) is 0 Å². The molecule has 0 aromatic rings. The number of carbonyl (C=O) groups excluding carboxylic acids is 1. The second kappa shape index (κ2) is 8.53. The quantitative estimate of drug-likeness (QED) is 0.486. The predicted octanol–water partition coefficient (Wildman–Crippen LogP) is 1.86. The lowest BCUT2D eigenvalue weighted by Gasteiger charge is -2.21. The van der Waals surface area contributed by atoms with Crippen LogP contribution in [-0.2, 0) is 14.3 Å². The molecule has 0 amide bonds. The number of hydrogen-bond donors (Lipinski definition) is 1. The first-order chi connectivity index (χ1) is 7.54.